The van der Waals surface area contributed by atoms with Gasteiger partial charge in [-0.1, -0.05) is 20.8 Å². The Kier molecular flexibility index (Phi) is 7.14. The standard InChI is InChI=1S/C14H22O7/c1-4-11(15)19-9-7-18-8-10(20-12(16)5-2)14(9)21-13(17)6-3/h9-10,14H,4-8H2,1-3H3/t9-,10+,14?. The summed E-state index contributed by atoms with van der Waals surface area (Å²) in [7, 11) is 0. The smallest absolute Gasteiger partial charge is 0.306 e. The highest BCUT2D eigenvalue weighted by atomic mass is 16.6. The summed E-state index contributed by atoms with van der Waals surface area (Å²) in [5, 5.41) is 0. The normalized spacial score (nSPS) is 25.0. The van der Waals surface area contributed by atoms with Gasteiger partial charge in [-0.25, -0.2) is 0 Å². The molecule has 0 aromatic rings. The van der Waals surface area contributed by atoms with E-state index in [2.05, 4.69) is 0 Å². The fourth-order valence-electron chi connectivity index (χ4n) is 1.82. The Hall–Kier alpha value is -1.63. The molecule has 1 aliphatic heterocycles. The summed E-state index contributed by atoms with van der Waals surface area (Å²) in [5.74, 6) is -1.30. The molecule has 1 aliphatic rings. The zero-order valence-corrected chi connectivity index (χ0v) is 12.6. The molecule has 0 N–H and O–H groups in total. The number of hydrogen-bond acceptors (Lipinski definition) is 7. The van der Waals surface area contributed by atoms with E-state index < -0.39 is 36.2 Å². The Balaban J connectivity index is 2.81. The first-order valence-corrected chi connectivity index (χ1v) is 7.17. The molecule has 7 nitrogen and oxygen atoms in total. The Labute approximate surface area is 123 Å². The molecule has 1 fully saturated rings. The number of hydrogen-bond donors (Lipinski definition) is 0. The van der Waals surface area contributed by atoms with Gasteiger partial charge in [0.2, 0.25) is 0 Å². The highest BCUT2D eigenvalue weighted by Crippen LogP contribution is 2.20. The van der Waals surface area contributed by atoms with E-state index in [4.69, 9.17) is 18.9 Å². The largest absolute Gasteiger partial charge is 0.456 e. The van der Waals surface area contributed by atoms with Crippen molar-refractivity contribution in [3.8, 4) is 0 Å². The van der Waals surface area contributed by atoms with Crippen molar-refractivity contribution in [3.63, 3.8) is 0 Å². The van der Waals surface area contributed by atoms with Crippen LogP contribution in [-0.4, -0.2) is 49.4 Å². The van der Waals surface area contributed by atoms with Crippen molar-refractivity contribution < 1.29 is 33.3 Å². The van der Waals surface area contributed by atoms with E-state index in [1.54, 1.807) is 20.8 Å². The molecule has 0 bridgehead atoms. The molecule has 1 unspecified atom stereocenters. The van der Waals surface area contributed by atoms with Crippen LogP contribution in [0.5, 0.6) is 0 Å². The zero-order valence-electron chi connectivity index (χ0n) is 12.6. The third-order valence-electron chi connectivity index (χ3n) is 3.00. The van der Waals surface area contributed by atoms with E-state index in [1.807, 2.05) is 0 Å². The average molecular weight is 302 g/mol. The molecule has 0 radical (unpaired) electrons. The number of rotatable bonds is 6. The van der Waals surface area contributed by atoms with Crippen molar-refractivity contribution in [1.82, 2.24) is 0 Å². The first kappa shape index (κ1) is 17.4. The van der Waals surface area contributed by atoms with Crippen LogP contribution >= 0.6 is 0 Å². The third-order valence-corrected chi connectivity index (χ3v) is 3.00. The van der Waals surface area contributed by atoms with Gasteiger partial charge in [-0.15, -0.1) is 0 Å². The summed E-state index contributed by atoms with van der Waals surface area (Å²) in [6, 6.07) is 0. The first-order valence-electron chi connectivity index (χ1n) is 7.17. The lowest BCUT2D eigenvalue weighted by Gasteiger charge is -2.36. The van der Waals surface area contributed by atoms with E-state index in [1.165, 1.54) is 0 Å². The fraction of sp³-hybridized carbons (Fsp3) is 0.786. The molecule has 0 spiro atoms. The average Bonchev–Trinajstić information content (AvgIpc) is 2.49. The predicted molar refractivity (Wildman–Crippen MR) is 71.3 cm³/mol. The Morgan fingerprint density at radius 1 is 0.810 bits per heavy atom. The summed E-state index contributed by atoms with van der Waals surface area (Å²) in [6.07, 6.45) is -1.79. The van der Waals surface area contributed by atoms with E-state index in [-0.39, 0.29) is 32.5 Å². The number of esters is 3. The summed E-state index contributed by atoms with van der Waals surface area (Å²) in [6.45, 7) is 5.18. The van der Waals surface area contributed by atoms with Crippen LogP contribution in [0.15, 0.2) is 0 Å². The van der Waals surface area contributed by atoms with Crippen LogP contribution in [0, 0.1) is 0 Å². The molecule has 21 heavy (non-hydrogen) atoms. The van der Waals surface area contributed by atoms with Crippen LogP contribution in [0.25, 0.3) is 0 Å². The molecule has 1 saturated heterocycles. The van der Waals surface area contributed by atoms with Gasteiger partial charge < -0.3 is 18.9 Å². The minimum Gasteiger partial charge on any atom is -0.456 e. The van der Waals surface area contributed by atoms with Crippen LogP contribution in [-0.2, 0) is 33.3 Å². The maximum absolute atomic E-state index is 11.5. The number of carbonyl (C=O) groups is 3. The molecular weight excluding hydrogens is 280 g/mol. The van der Waals surface area contributed by atoms with E-state index in [0.717, 1.165) is 0 Å². The second kappa shape index (κ2) is 8.61. The quantitative estimate of drug-likeness (QED) is 0.534. The van der Waals surface area contributed by atoms with Gasteiger partial charge in [0, 0.05) is 19.3 Å². The van der Waals surface area contributed by atoms with Gasteiger partial charge >= 0.3 is 17.9 Å². The summed E-state index contributed by atoms with van der Waals surface area (Å²) in [4.78, 5) is 34.4. The highest BCUT2D eigenvalue weighted by molar-refractivity contribution is 5.71. The number of ether oxygens (including phenoxy) is 4. The van der Waals surface area contributed by atoms with Crippen molar-refractivity contribution in [2.75, 3.05) is 13.2 Å². The molecule has 0 saturated carbocycles. The first-order chi connectivity index (χ1) is 10.0. The topological polar surface area (TPSA) is 88.1 Å². The lowest BCUT2D eigenvalue weighted by Crippen LogP contribution is -2.53. The fourth-order valence-corrected chi connectivity index (χ4v) is 1.82. The predicted octanol–water partition coefficient (Wildman–Crippen LogP) is 0.982. The Bertz CT molecular complexity index is 354. The van der Waals surface area contributed by atoms with Gasteiger partial charge in [0.15, 0.2) is 18.3 Å². The Morgan fingerprint density at radius 3 is 1.57 bits per heavy atom. The van der Waals surface area contributed by atoms with E-state index in [9.17, 15) is 14.4 Å². The van der Waals surface area contributed by atoms with Crippen LogP contribution in [0.4, 0.5) is 0 Å². The molecule has 0 aromatic carbocycles. The zero-order chi connectivity index (χ0) is 15.8. The van der Waals surface area contributed by atoms with Crippen LogP contribution in [0.2, 0.25) is 0 Å². The minimum absolute atomic E-state index is 0.105. The van der Waals surface area contributed by atoms with Gasteiger partial charge in [0.05, 0.1) is 13.2 Å². The monoisotopic (exact) mass is 302 g/mol. The van der Waals surface area contributed by atoms with Crippen LogP contribution in [0.3, 0.4) is 0 Å². The van der Waals surface area contributed by atoms with Crippen molar-refractivity contribution in [1.29, 1.82) is 0 Å². The van der Waals surface area contributed by atoms with Crippen molar-refractivity contribution >= 4 is 17.9 Å². The van der Waals surface area contributed by atoms with Crippen LogP contribution < -0.4 is 0 Å². The van der Waals surface area contributed by atoms with E-state index in [0.29, 0.717) is 0 Å². The van der Waals surface area contributed by atoms with Crippen molar-refractivity contribution in [2.45, 2.75) is 58.3 Å². The Morgan fingerprint density at radius 2 is 1.19 bits per heavy atom. The SMILES string of the molecule is CCC(=O)OC1[C@@H](OC(=O)CC)COC[C@H]1OC(=O)CC. The minimum atomic E-state index is -0.836. The maximum Gasteiger partial charge on any atom is 0.306 e. The molecule has 0 amide bonds. The lowest BCUT2D eigenvalue weighted by molar-refractivity contribution is -0.210. The van der Waals surface area contributed by atoms with Gasteiger partial charge in [-0.2, -0.15) is 0 Å². The second-order valence-corrected chi connectivity index (χ2v) is 4.61. The van der Waals surface area contributed by atoms with Gasteiger partial charge in [-0.3, -0.25) is 14.4 Å². The third kappa shape index (κ3) is 5.34. The molecule has 1 rings (SSSR count). The molecular formula is C14H22O7. The summed E-state index contributed by atoms with van der Waals surface area (Å²) in [5.41, 5.74) is 0. The van der Waals surface area contributed by atoms with Gasteiger partial charge in [0.25, 0.3) is 0 Å². The highest BCUT2D eigenvalue weighted by Gasteiger charge is 2.41. The molecule has 3 atom stereocenters. The van der Waals surface area contributed by atoms with Crippen molar-refractivity contribution in [3.05, 3.63) is 0 Å². The molecule has 7 heteroatoms. The maximum atomic E-state index is 11.5. The molecule has 0 aliphatic carbocycles. The number of carbonyl (C=O) groups excluding carboxylic acids is 3. The molecule has 120 valence electrons. The van der Waals surface area contributed by atoms with Gasteiger partial charge in [-0.05, 0) is 0 Å². The van der Waals surface area contributed by atoms with E-state index >= 15 is 0 Å². The summed E-state index contributed by atoms with van der Waals surface area (Å²) < 4.78 is 21.0. The molecule has 1 heterocycles. The van der Waals surface area contributed by atoms with Gasteiger partial charge in [0.1, 0.15) is 0 Å². The lowest BCUT2D eigenvalue weighted by atomic mass is 10.1. The van der Waals surface area contributed by atoms with Crippen molar-refractivity contribution in [2.24, 2.45) is 0 Å². The second-order valence-electron chi connectivity index (χ2n) is 4.61. The van der Waals surface area contributed by atoms with Crippen LogP contribution in [0.1, 0.15) is 40.0 Å². The molecule has 0 aromatic heterocycles. The summed E-state index contributed by atoms with van der Waals surface area (Å²) >= 11 is 0.